The molecule has 0 saturated carbocycles. The van der Waals surface area contributed by atoms with Gasteiger partial charge in [-0.15, -0.1) is 12.4 Å². The number of rotatable bonds is 2. The summed E-state index contributed by atoms with van der Waals surface area (Å²) in [6.45, 7) is 2.61. The summed E-state index contributed by atoms with van der Waals surface area (Å²) in [7, 11) is 0. The van der Waals surface area contributed by atoms with E-state index in [9.17, 15) is 0 Å². The predicted molar refractivity (Wildman–Crippen MR) is 73.7 cm³/mol. The molecule has 0 saturated heterocycles. The first kappa shape index (κ1) is 13.3. The maximum absolute atomic E-state index is 6.06. The third-order valence-electron chi connectivity index (χ3n) is 2.99. The van der Waals surface area contributed by atoms with Crippen LogP contribution in [0.4, 0.5) is 0 Å². The fourth-order valence-electron chi connectivity index (χ4n) is 2.16. The van der Waals surface area contributed by atoms with Gasteiger partial charge in [-0.25, -0.2) is 9.97 Å². The maximum atomic E-state index is 6.06. The highest BCUT2D eigenvalue weighted by molar-refractivity contribution is 6.30. The Morgan fingerprint density at radius 2 is 1.89 bits per heavy atom. The molecule has 1 aromatic carbocycles. The summed E-state index contributed by atoms with van der Waals surface area (Å²) in [5, 5.41) is 0.588. The first-order chi connectivity index (χ1) is 8.33. The van der Waals surface area contributed by atoms with Gasteiger partial charge in [0.2, 0.25) is 0 Å². The van der Waals surface area contributed by atoms with Crippen molar-refractivity contribution in [1.82, 2.24) is 14.9 Å². The molecular weight excluding hydrogens is 269 g/mol. The van der Waals surface area contributed by atoms with E-state index in [-0.39, 0.29) is 12.4 Å². The molecule has 1 aromatic heterocycles. The van der Waals surface area contributed by atoms with Crippen LogP contribution in [-0.4, -0.2) is 14.9 Å². The zero-order valence-corrected chi connectivity index (χ0v) is 11.3. The van der Waals surface area contributed by atoms with Crippen molar-refractivity contribution in [3.05, 3.63) is 58.6 Å². The average molecular weight is 282 g/mol. The normalized spacial score (nSPS) is 14.1. The Labute approximate surface area is 117 Å². The Morgan fingerprint density at radius 3 is 2.61 bits per heavy atom. The van der Waals surface area contributed by atoms with Gasteiger partial charge in [0.25, 0.3) is 0 Å². The molecule has 0 atom stereocenters. The van der Waals surface area contributed by atoms with Crippen LogP contribution in [0.15, 0.2) is 36.7 Å². The van der Waals surface area contributed by atoms with E-state index in [1.165, 1.54) is 11.9 Å². The van der Waals surface area contributed by atoms with E-state index in [2.05, 4.69) is 39.1 Å². The second-order valence-corrected chi connectivity index (χ2v) is 4.58. The van der Waals surface area contributed by atoms with Crippen molar-refractivity contribution in [2.24, 2.45) is 0 Å². The second-order valence-electron chi connectivity index (χ2n) is 4.22. The van der Waals surface area contributed by atoms with Gasteiger partial charge >= 0.3 is 0 Å². The minimum atomic E-state index is 0. The van der Waals surface area contributed by atoms with Gasteiger partial charge in [0.05, 0.1) is 5.69 Å². The molecule has 94 valence electrons. The average Bonchev–Trinajstić information content (AvgIpc) is 2.74. The molecular formula is C13H13Cl2N3. The zero-order valence-electron chi connectivity index (χ0n) is 9.71. The van der Waals surface area contributed by atoms with Gasteiger partial charge in [0.15, 0.2) is 0 Å². The minimum Gasteiger partial charge on any atom is -0.289 e. The molecule has 0 amide bonds. The molecule has 3 nitrogen and oxygen atoms in total. The van der Waals surface area contributed by atoms with Crippen LogP contribution in [0.2, 0.25) is 5.15 Å². The molecule has 0 radical (unpaired) electrons. The Morgan fingerprint density at radius 1 is 1.11 bits per heavy atom. The molecule has 1 aliphatic heterocycles. The number of benzene rings is 1. The van der Waals surface area contributed by atoms with Gasteiger partial charge < -0.3 is 0 Å². The molecule has 1 aliphatic rings. The van der Waals surface area contributed by atoms with Crippen molar-refractivity contribution < 1.29 is 0 Å². The fourth-order valence-corrected chi connectivity index (χ4v) is 2.37. The Bertz CT molecular complexity index is 531. The van der Waals surface area contributed by atoms with Gasteiger partial charge in [0.1, 0.15) is 11.5 Å². The summed E-state index contributed by atoms with van der Waals surface area (Å²) in [6.07, 6.45) is 1.53. The van der Waals surface area contributed by atoms with Crippen LogP contribution in [0.1, 0.15) is 16.8 Å². The van der Waals surface area contributed by atoms with E-state index in [4.69, 9.17) is 11.6 Å². The van der Waals surface area contributed by atoms with Gasteiger partial charge in [-0.3, -0.25) is 4.90 Å². The topological polar surface area (TPSA) is 29.0 Å². The predicted octanol–water partition coefficient (Wildman–Crippen LogP) is 3.07. The van der Waals surface area contributed by atoms with Crippen molar-refractivity contribution in [3.63, 3.8) is 0 Å². The van der Waals surface area contributed by atoms with Crippen LogP contribution in [0.25, 0.3) is 0 Å². The molecule has 0 N–H and O–H groups in total. The van der Waals surface area contributed by atoms with E-state index in [1.54, 1.807) is 0 Å². The van der Waals surface area contributed by atoms with Crippen LogP contribution < -0.4 is 0 Å². The van der Waals surface area contributed by atoms with Crippen LogP contribution in [0.5, 0.6) is 0 Å². The molecule has 2 aromatic rings. The Kier molecular flexibility index (Phi) is 4.17. The first-order valence-corrected chi connectivity index (χ1v) is 5.95. The monoisotopic (exact) mass is 281 g/mol. The second kappa shape index (κ2) is 5.65. The molecule has 0 unspecified atom stereocenters. The van der Waals surface area contributed by atoms with E-state index in [0.717, 1.165) is 30.9 Å². The first-order valence-electron chi connectivity index (χ1n) is 5.57. The van der Waals surface area contributed by atoms with Crippen molar-refractivity contribution in [2.45, 2.75) is 19.6 Å². The van der Waals surface area contributed by atoms with Gasteiger partial charge in [-0.2, -0.15) is 0 Å². The number of hydrogen-bond donors (Lipinski definition) is 0. The van der Waals surface area contributed by atoms with Crippen LogP contribution in [0, 0.1) is 0 Å². The van der Waals surface area contributed by atoms with Crippen LogP contribution in [-0.2, 0) is 19.6 Å². The molecule has 0 spiro atoms. The largest absolute Gasteiger partial charge is 0.289 e. The standard InChI is InChI=1S/C13H12ClN3.ClH/c14-13-11-7-17(8-12(11)15-9-16-13)6-10-4-2-1-3-5-10;/h1-5,9H,6-8H2;1H. The summed E-state index contributed by atoms with van der Waals surface area (Å²) in [6, 6.07) is 10.4. The molecule has 0 aliphatic carbocycles. The lowest BCUT2D eigenvalue weighted by Gasteiger charge is -2.14. The molecule has 5 heteroatoms. The van der Waals surface area contributed by atoms with E-state index >= 15 is 0 Å². The quantitative estimate of drug-likeness (QED) is 0.793. The van der Waals surface area contributed by atoms with E-state index in [1.807, 2.05) is 6.07 Å². The summed E-state index contributed by atoms with van der Waals surface area (Å²) >= 11 is 6.06. The number of hydrogen-bond acceptors (Lipinski definition) is 3. The van der Waals surface area contributed by atoms with Gasteiger partial charge in [-0.05, 0) is 5.56 Å². The summed E-state index contributed by atoms with van der Waals surface area (Å²) < 4.78 is 0. The summed E-state index contributed by atoms with van der Waals surface area (Å²) in [5.41, 5.74) is 3.44. The van der Waals surface area contributed by atoms with Crippen molar-refractivity contribution in [3.8, 4) is 0 Å². The lowest BCUT2D eigenvalue weighted by Crippen LogP contribution is -2.15. The number of nitrogens with zero attached hydrogens (tertiary/aromatic N) is 3. The van der Waals surface area contributed by atoms with Crippen molar-refractivity contribution in [1.29, 1.82) is 0 Å². The number of fused-ring (bicyclic) bond motifs is 1. The van der Waals surface area contributed by atoms with Crippen molar-refractivity contribution >= 4 is 24.0 Å². The lowest BCUT2D eigenvalue weighted by atomic mass is 10.2. The minimum absolute atomic E-state index is 0. The molecule has 0 fully saturated rings. The maximum Gasteiger partial charge on any atom is 0.137 e. The highest BCUT2D eigenvalue weighted by Gasteiger charge is 2.22. The fraction of sp³-hybridized carbons (Fsp3) is 0.231. The molecule has 2 heterocycles. The van der Waals surface area contributed by atoms with E-state index in [0.29, 0.717) is 5.15 Å². The number of halogens is 2. The van der Waals surface area contributed by atoms with E-state index < -0.39 is 0 Å². The SMILES string of the molecule is Cl.Clc1ncnc2c1CN(Cc1ccccc1)C2. The molecule has 3 rings (SSSR count). The third-order valence-corrected chi connectivity index (χ3v) is 3.31. The zero-order chi connectivity index (χ0) is 11.7. The van der Waals surface area contributed by atoms with Crippen molar-refractivity contribution in [2.75, 3.05) is 0 Å². The van der Waals surface area contributed by atoms with Crippen LogP contribution in [0.3, 0.4) is 0 Å². The Hall–Kier alpha value is -1.16. The molecule has 18 heavy (non-hydrogen) atoms. The van der Waals surface area contributed by atoms with Gasteiger partial charge in [0, 0.05) is 25.2 Å². The summed E-state index contributed by atoms with van der Waals surface area (Å²) in [5.74, 6) is 0. The smallest absolute Gasteiger partial charge is 0.137 e. The third kappa shape index (κ3) is 2.64. The van der Waals surface area contributed by atoms with Gasteiger partial charge in [-0.1, -0.05) is 41.9 Å². The highest BCUT2D eigenvalue weighted by atomic mass is 35.5. The highest BCUT2D eigenvalue weighted by Crippen LogP contribution is 2.26. The molecule has 0 bridgehead atoms. The van der Waals surface area contributed by atoms with Crippen LogP contribution >= 0.6 is 24.0 Å². The number of aromatic nitrogens is 2. The Balaban J connectivity index is 0.00000120. The lowest BCUT2D eigenvalue weighted by molar-refractivity contribution is 0.274. The summed E-state index contributed by atoms with van der Waals surface area (Å²) in [4.78, 5) is 10.6.